The Bertz CT molecular complexity index is 367. The molecular weight excluding hydrogens is 278 g/mol. The molecule has 2 heterocycles. The first-order valence-corrected chi connectivity index (χ1v) is 8.77. The molecule has 0 aromatic carbocycles. The molecule has 0 saturated carbocycles. The van der Waals surface area contributed by atoms with Crippen LogP contribution in [0.5, 0.6) is 0 Å². The molecule has 2 rings (SSSR count). The van der Waals surface area contributed by atoms with Crippen molar-refractivity contribution in [3.05, 3.63) is 0 Å². The number of rotatable bonds is 4. The van der Waals surface area contributed by atoms with E-state index in [0.717, 1.165) is 32.5 Å². The Morgan fingerprint density at radius 2 is 1.77 bits per heavy atom. The van der Waals surface area contributed by atoms with Gasteiger partial charge in [-0.1, -0.05) is 6.42 Å². The molecule has 0 aromatic heterocycles. The second-order valence-corrected chi connectivity index (χ2v) is 7.76. The van der Waals surface area contributed by atoms with Gasteiger partial charge in [-0.25, -0.2) is 4.79 Å². The van der Waals surface area contributed by atoms with Crippen LogP contribution in [0.1, 0.15) is 52.9 Å². The van der Waals surface area contributed by atoms with E-state index >= 15 is 0 Å². The number of hydrogen-bond acceptors (Lipinski definition) is 4. The van der Waals surface area contributed by atoms with Crippen LogP contribution in [0.15, 0.2) is 0 Å². The van der Waals surface area contributed by atoms with E-state index < -0.39 is 5.60 Å². The van der Waals surface area contributed by atoms with Crippen LogP contribution in [0.25, 0.3) is 0 Å². The topological polar surface area (TPSA) is 44.8 Å². The molecule has 2 atom stereocenters. The maximum Gasteiger partial charge on any atom is 0.410 e. The Kier molecular flexibility index (Phi) is 6.09. The van der Waals surface area contributed by atoms with Crippen LogP contribution in [0.2, 0.25) is 0 Å². The van der Waals surface area contributed by atoms with Crippen molar-refractivity contribution < 1.29 is 9.53 Å². The summed E-state index contributed by atoms with van der Waals surface area (Å²) >= 11 is 0. The van der Waals surface area contributed by atoms with E-state index in [1.165, 1.54) is 25.8 Å². The Hall–Kier alpha value is -0.810. The lowest BCUT2D eigenvalue weighted by molar-refractivity contribution is 0.0225. The molecular formula is C17H33N3O2. The molecule has 0 aliphatic carbocycles. The van der Waals surface area contributed by atoms with Crippen molar-refractivity contribution in [2.45, 2.75) is 70.6 Å². The highest BCUT2D eigenvalue weighted by molar-refractivity contribution is 5.69. The summed E-state index contributed by atoms with van der Waals surface area (Å²) in [6, 6.07) is 0.925. The van der Waals surface area contributed by atoms with Gasteiger partial charge in [0, 0.05) is 31.7 Å². The number of nitrogens with one attached hydrogen (secondary N) is 1. The number of carbonyl (C=O) groups excluding carboxylic acids is 1. The van der Waals surface area contributed by atoms with E-state index in [1.807, 2.05) is 25.7 Å². The number of piperidine rings is 1. The normalized spacial score (nSPS) is 27.2. The molecule has 0 spiro atoms. The average molecular weight is 311 g/mol. The van der Waals surface area contributed by atoms with E-state index in [-0.39, 0.29) is 12.1 Å². The van der Waals surface area contributed by atoms with Gasteiger partial charge in [-0.05, 0) is 60.0 Å². The van der Waals surface area contributed by atoms with Gasteiger partial charge < -0.3 is 19.9 Å². The molecule has 128 valence electrons. The fourth-order valence-electron chi connectivity index (χ4n) is 3.43. The predicted molar refractivity (Wildman–Crippen MR) is 89.1 cm³/mol. The number of ether oxygens (including phenoxy) is 1. The standard InChI is InChI=1S/C17H33N3O2/c1-17(2,3)22-16(21)20-11-7-9-15(20)13-18-12-14-8-5-6-10-19(14)4/h14-15,18H,5-13H2,1-4H3. The summed E-state index contributed by atoms with van der Waals surface area (Å²) in [5, 5.41) is 3.58. The molecule has 2 fully saturated rings. The lowest BCUT2D eigenvalue weighted by Gasteiger charge is -2.33. The number of nitrogens with zero attached hydrogens (tertiary/aromatic N) is 2. The first-order chi connectivity index (χ1) is 10.4. The van der Waals surface area contributed by atoms with Gasteiger partial charge in [-0.2, -0.15) is 0 Å². The van der Waals surface area contributed by atoms with E-state index in [1.54, 1.807) is 0 Å². The number of carbonyl (C=O) groups is 1. The summed E-state index contributed by atoms with van der Waals surface area (Å²) in [6.07, 6.45) is 5.93. The lowest BCUT2D eigenvalue weighted by atomic mass is 10.0. The zero-order valence-corrected chi connectivity index (χ0v) is 14.7. The Morgan fingerprint density at radius 3 is 2.45 bits per heavy atom. The van der Waals surface area contributed by atoms with Crippen molar-refractivity contribution in [1.82, 2.24) is 15.1 Å². The molecule has 5 heteroatoms. The first-order valence-electron chi connectivity index (χ1n) is 8.77. The van der Waals surface area contributed by atoms with Crippen molar-refractivity contribution in [1.29, 1.82) is 0 Å². The van der Waals surface area contributed by atoms with Gasteiger partial charge in [-0.3, -0.25) is 0 Å². The molecule has 0 radical (unpaired) electrons. The molecule has 22 heavy (non-hydrogen) atoms. The maximum absolute atomic E-state index is 12.3. The molecule has 5 nitrogen and oxygen atoms in total. The van der Waals surface area contributed by atoms with Crippen LogP contribution in [0.3, 0.4) is 0 Å². The van der Waals surface area contributed by atoms with Gasteiger partial charge in [0.1, 0.15) is 5.60 Å². The van der Waals surface area contributed by atoms with Crippen LogP contribution in [0, 0.1) is 0 Å². The monoisotopic (exact) mass is 311 g/mol. The largest absolute Gasteiger partial charge is 0.444 e. The highest BCUT2D eigenvalue weighted by atomic mass is 16.6. The third kappa shape index (κ3) is 5.13. The van der Waals surface area contributed by atoms with E-state index in [0.29, 0.717) is 6.04 Å². The fourth-order valence-corrected chi connectivity index (χ4v) is 3.43. The van der Waals surface area contributed by atoms with E-state index in [9.17, 15) is 4.79 Å². The van der Waals surface area contributed by atoms with Crippen molar-refractivity contribution in [2.24, 2.45) is 0 Å². The van der Waals surface area contributed by atoms with Crippen molar-refractivity contribution in [2.75, 3.05) is 33.2 Å². The summed E-state index contributed by atoms with van der Waals surface area (Å²) in [5.74, 6) is 0. The van der Waals surface area contributed by atoms with Gasteiger partial charge >= 0.3 is 6.09 Å². The van der Waals surface area contributed by atoms with Crippen LogP contribution in [-0.4, -0.2) is 66.8 Å². The average Bonchev–Trinajstić information content (AvgIpc) is 2.87. The molecule has 0 bridgehead atoms. The smallest absolute Gasteiger partial charge is 0.410 e. The Balaban J connectivity index is 1.75. The summed E-state index contributed by atoms with van der Waals surface area (Å²) < 4.78 is 5.52. The molecule has 2 saturated heterocycles. The molecule has 1 N–H and O–H groups in total. The number of hydrogen-bond donors (Lipinski definition) is 1. The summed E-state index contributed by atoms with van der Waals surface area (Å²) in [6.45, 7) is 9.70. The highest BCUT2D eigenvalue weighted by Crippen LogP contribution is 2.20. The van der Waals surface area contributed by atoms with Gasteiger partial charge in [0.25, 0.3) is 0 Å². The minimum Gasteiger partial charge on any atom is -0.444 e. The molecule has 2 unspecified atom stereocenters. The predicted octanol–water partition coefficient (Wildman–Crippen LogP) is 2.46. The minimum absolute atomic E-state index is 0.161. The van der Waals surface area contributed by atoms with Gasteiger partial charge in [-0.15, -0.1) is 0 Å². The molecule has 2 aliphatic heterocycles. The molecule has 0 aromatic rings. The van der Waals surface area contributed by atoms with Gasteiger partial charge in [0.2, 0.25) is 0 Å². The van der Waals surface area contributed by atoms with Crippen LogP contribution in [0.4, 0.5) is 4.79 Å². The van der Waals surface area contributed by atoms with Gasteiger partial charge in [0.15, 0.2) is 0 Å². The van der Waals surface area contributed by atoms with Crippen LogP contribution < -0.4 is 5.32 Å². The third-order valence-corrected chi connectivity index (χ3v) is 4.69. The van der Waals surface area contributed by atoms with E-state index in [2.05, 4.69) is 17.3 Å². The molecule has 1 amide bonds. The quantitative estimate of drug-likeness (QED) is 0.866. The highest BCUT2D eigenvalue weighted by Gasteiger charge is 2.32. The zero-order chi connectivity index (χ0) is 16.2. The summed E-state index contributed by atoms with van der Waals surface area (Å²) in [7, 11) is 2.22. The third-order valence-electron chi connectivity index (χ3n) is 4.69. The number of likely N-dealkylation sites (tertiary alicyclic amines) is 2. The second-order valence-electron chi connectivity index (χ2n) is 7.76. The fraction of sp³-hybridized carbons (Fsp3) is 0.941. The van der Waals surface area contributed by atoms with Crippen LogP contribution in [-0.2, 0) is 4.74 Å². The Labute approximate surface area is 135 Å². The Morgan fingerprint density at radius 1 is 1.09 bits per heavy atom. The SMILES string of the molecule is CN1CCCCC1CNCC1CCCN1C(=O)OC(C)(C)C. The maximum atomic E-state index is 12.3. The summed E-state index contributed by atoms with van der Waals surface area (Å²) in [5.41, 5.74) is -0.414. The second kappa shape index (κ2) is 7.64. The zero-order valence-electron chi connectivity index (χ0n) is 14.7. The first kappa shape index (κ1) is 17.5. The van der Waals surface area contributed by atoms with Crippen molar-refractivity contribution in [3.8, 4) is 0 Å². The van der Waals surface area contributed by atoms with Crippen LogP contribution >= 0.6 is 0 Å². The molecule has 2 aliphatic rings. The van der Waals surface area contributed by atoms with E-state index in [4.69, 9.17) is 4.74 Å². The van der Waals surface area contributed by atoms with Crippen molar-refractivity contribution >= 4 is 6.09 Å². The summed E-state index contributed by atoms with van der Waals surface area (Å²) in [4.78, 5) is 16.6. The number of amides is 1. The van der Waals surface area contributed by atoms with Gasteiger partial charge in [0.05, 0.1) is 0 Å². The van der Waals surface area contributed by atoms with Crippen molar-refractivity contribution in [3.63, 3.8) is 0 Å². The number of likely N-dealkylation sites (N-methyl/N-ethyl adjacent to an activating group) is 1. The lowest BCUT2D eigenvalue weighted by Crippen LogP contribution is -2.48. The minimum atomic E-state index is -0.414.